The van der Waals surface area contributed by atoms with E-state index >= 15 is 0 Å². The fourth-order valence-corrected chi connectivity index (χ4v) is 5.33. The van der Waals surface area contributed by atoms with Gasteiger partial charge < -0.3 is 9.80 Å². The topological polar surface area (TPSA) is 57.7 Å². The number of nitrogens with zero attached hydrogens (tertiary/aromatic N) is 2. The summed E-state index contributed by atoms with van der Waals surface area (Å²) in [6, 6.07) is 10.6. The van der Waals surface area contributed by atoms with Gasteiger partial charge in [0.25, 0.3) is 11.8 Å². The van der Waals surface area contributed by atoms with Crippen LogP contribution < -0.4 is 0 Å². The second kappa shape index (κ2) is 9.14. The van der Waals surface area contributed by atoms with Crippen molar-refractivity contribution in [2.45, 2.75) is 32.2 Å². The largest absolute Gasteiger partial charge is 0.338 e. The van der Waals surface area contributed by atoms with Gasteiger partial charge in [-0.3, -0.25) is 14.4 Å². The molecule has 0 aliphatic carbocycles. The first-order chi connectivity index (χ1) is 14.9. The first-order valence-electron chi connectivity index (χ1n) is 10.6. The van der Waals surface area contributed by atoms with E-state index in [2.05, 4.69) is 0 Å². The average Bonchev–Trinajstić information content (AvgIpc) is 3.28. The van der Waals surface area contributed by atoms with Crippen molar-refractivity contribution < 1.29 is 18.8 Å². The molecule has 2 fully saturated rings. The Labute approximate surface area is 185 Å². The monoisotopic (exact) mass is 440 g/mol. The zero-order chi connectivity index (χ0) is 22.0. The molecule has 0 spiro atoms. The van der Waals surface area contributed by atoms with Crippen molar-refractivity contribution in [3.8, 4) is 0 Å². The molecular formula is C24H25FN2O3S. The third-order valence-electron chi connectivity index (χ3n) is 6.11. The van der Waals surface area contributed by atoms with Crippen LogP contribution in [0.3, 0.4) is 0 Å². The van der Waals surface area contributed by atoms with E-state index in [-0.39, 0.29) is 23.7 Å². The van der Waals surface area contributed by atoms with E-state index in [9.17, 15) is 18.8 Å². The van der Waals surface area contributed by atoms with Gasteiger partial charge in [0.15, 0.2) is 11.6 Å². The fraction of sp³-hybridized carbons (Fsp3) is 0.375. The SMILES string of the molecule is CC(=O)c1cc(C(=O)N2CC[C@H]3[C@H](CCCN3C(=O)C(F)=Cc3ccccc3)C2)cs1. The van der Waals surface area contributed by atoms with Crippen molar-refractivity contribution in [1.29, 1.82) is 0 Å². The van der Waals surface area contributed by atoms with E-state index in [0.29, 0.717) is 42.1 Å². The molecule has 1 aromatic carbocycles. The van der Waals surface area contributed by atoms with Gasteiger partial charge in [0.05, 0.1) is 10.4 Å². The molecule has 1 aromatic heterocycles. The molecule has 31 heavy (non-hydrogen) atoms. The Kier molecular flexibility index (Phi) is 6.32. The van der Waals surface area contributed by atoms with Crippen molar-refractivity contribution >= 4 is 35.0 Å². The molecular weight excluding hydrogens is 415 g/mol. The summed E-state index contributed by atoms with van der Waals surface area (Å²) in [6.45, 7) is 3.09. The lowest BCUT2D eigenvalue weighted by molar-refractivity contribution is -0.135. The third-order valence-corrected chi connectivity index (χ3v) is 7.14. The average molecular weight is 441 g/mol. The van der Waals surface area contributed by atoms with Crippen LogP contribution in [0.25, 0.3) is 6.08 Å². The summed E-state index contributed by atoms with van der Waals surface area (Å²) in [5.74, 6) is -1.32. The Morgan fingerprint density at radius 2 is 1.90 bits per heavy atom. The molecule has 0 unspecified atom stereocenters. The van der Waals surface area contributed by atoms with Crippen LogP contribution in [0, 0.1) is 5.92 Å². The Morgan fingerprint density at radius 1 is 1.13 bits per heavy atom. The van der Waals surface area contributed by atoms with Crippen molar-refractivity contribution in [3.05, 3.63) is 63.6 Å². The number of piperidine rings is 2. The second-order valence-corrected chi connectivity index (χ2v) is 9.08. The van der Waals surface area contributed by atoms with Crippen molar-refractivity contribution in [3.63, 3.8) is 0 Å². The summed E-state index contributed by atoms with van der Waals surface area (Å²) in [5.41, 5.74) is 1.19. The number of likely N-dealkylation sites (tertiary alicyclic amines) is 2. The van der Waals surface area contributed by atoms with Gasteiger partial charge in [0, 0.05) is 31.1 Å². The molecule has 162 valence electrons. The van der Waals surface area contributed by atoms with Gasteiger partial charge in [-0.1, -0.05) is 30.3 Å². The highest BCUT2D eigenvalue weighted by atomic mass is 32.1. The Hall–Kier alpha value is -2.80. The molecule has 0 radical (unpaired) electrons. The minimum absolute atomic E-state index is 0.0465. The Bertz CT molecular complexity index is 1020. The lowest BCUT2D eigenvalue weighted by atomic mass is 9.83. The number of amides is 2. The summed E-state index contributed by atoms with van der Waals surface area (Å²) in [7, 11) is 0. The van der Waals surface area contributed by atoms with Crippen LogP contribution >= 0.6 is 11.3 Å². The fourth-order valence-electron chi connectivity index (χ4n) is 4.55. The molecule has 4 rings (SSSR count). The van der Waals surface area contributed by atoms with Gasteiger partial charge in [0.2, 0.25) is 0 Å². The summed E-state index contributed by atoms with van der Waals surface area (Å²) in [4.78, 5) is 41.3. The zero-order valence-corrected chi connectivity index (χ0v) is 18.2. The van der Waals surface area contributed by atoms with Crippen LogP contribution in [0.4, 0.5) is 4.39 Å². The van der Waals surface area contributed by atoms with Gasteiger partial charge in [-0.25, -0.2) is 4.39 Å². The van der Waals surface area contributed by atoms with Gasteiger partial charge in [-0.15, -0.1) is 11.3 Å². The van der Waals surface area contributed by atoms with Crippen molar-refractivity contribution in [1.82, 2.24) is 9.80 Å². The van der Waals surface area contributed by atoms with E-state index in [1.165, 1.54) is 24.3 Å². The molecule has 0 N–H and O–H groups in total. The van der Waals surface area contributed by atoms with Crippen LogP contribution in [0.15, 0.2) is 47.6 Å². The maximum Gasteiger partial charge on any atom is 0.282 e. The van der Waals surface area contributed by atoms with Crippen LogP contribution in [0.2, 0.25) is 0 Å². The molecule has 2 amide bonds. The number of Topliss-reactive ketones (excluding diaryl/α,β-unsaturated/α-hetero) is 1. The van der Waals surface area contributed by atoms with E-state index in [4.69, 9.17) is 0 Å². The Morgan fingerprint density at radius 3 is 2.61 bits per heavy atom. The van der Waals surface area contributed by atoms with Gasteiger partial charge in [-0.05, 0) is 49.8 Å². The highest BCUT2D eigenvalue weighted by Crippen LogP contribution is 2.33. The second-order valence-electron chi connectivity index (χ2n) is 8.17. The molecule has 2 saturated heterocycles. The summed E-state index contributed by atoms with van der Waals surface area (Å²) < 4.78 is 14.7. The number of benzene rings is 1. The standard InChI is InChI=1S/C24H25FN2O3S/c1-16(28)22-13-19(15-31-22)23(29)26-11-9-21-18(14-26)8-5-10-27(21)24(30)20(25)12-17-6-3-2-4-7-17/h2-4,6-7,12-13,15,18,21H,5,8-11,14H2,1H3/t18-,21+/m1/s1. The third kappa shape index (κ3) is 4.61. The number of carbonyl (C=O) groups excluding carboxylic acids is 3. The van der Waals surface area contributed by atoms with Gasteiger partial charge in [0.1, 0.15) is 0 Å². The molecule has 0 saturated carbocycles. The van der Waals surface area contributed by atoms with Crippen LogP contribution in [0.1, 0.15) is 51.8 Å². The van der Waals surface area contributed by atoms with E-state index in [1.54, 1.807) is 45.5 Å². The van der Waals surface area contributed by atoms with Crippen LogP contribution in [0.5, 0.6) is 0 Å². The first kappa shape index (κ1) is 21.4. The normalized spacial score (nSPS) is 21.5. The first-order valence-corrected chi connectivity index (χ1v) is 11.4. The lowest BCUT2D eigenvalue weighted by Crippen LogP contribution is -2.56. The van der Waals surface area contributed by atoms with E-state index in [0.717, 1.165) is 12.8 Å². The molecule has 2 atom stereocenters. The predicted octanol–water partition coefficient (Wildman–Crippen LogP) is 4.41. The van der Waals surface area contributed by atoms with E-state index < -0.39 is 11.7 Å². The predicted molar refractivity (Wildman–Crippen MR) is 119 cm³/mol. The Balaban J connectivity index is 1.44. The van der Waals surface area contributed by atoms with E-state index in [1.807, 2.05) is 6.07 Å². The number of thiophene rings is 1. The number of carbonyl (C=O) groups is 3. The van der Waals surface area contributed by atoms with Gasteiger partial charge in [-0.2, -0.15) is 0 Å². The number of rotatable bonds is 4. The van der Waals surface area contributed by atoms with Crippen LogP contribution in [-0.4, -0.2) is 53.1 Å². The summed E-state index contributed by atoms with van der Waals surface area (Å²) in [5, 5.41) is 1.73. The number of halogens is 1. The zero-order valence-electron chi connectivity index (χ0n) is 17.4. The highest BCUT2D eigenvalue weighted by molar-refractivity contribution is 7.12. The molecule has 2 aliphatic rings. The number of fused-ring (bicyclic) bond motifs is 1. The molecule has 2 aromatic rings. The van der Waals surface area contributed by atoms with Crippen molar-refractivity contribution in [2.75, 3.05) is 19.6 Å². The smallest absolute Gasteiger partial charge is 0.282 e. The van der Waals surface area contributed by atoms with Crippen molar-refractivity contribution in [2.24, 2.45) is 5.92 Å². The molecule has 5 nitrogen and oxygen atoms in total. The minimum atomic E-state index is -0.750. The molecule has 7 heteroatoms. The summed E-state index contributed by atoms with van der Waals surface area (Å²) >= 11 is 1.28. The van der Waals surface area contributed by atoms with Gasteiger partial charge >= 0.3 is 0 Å². The summed E-state index contributed by atoms with van der Waals surface area (Å²) in [6.07, 6.45) is 3.61. The molecule has 2 aliphatic heterocycles. The number of hydrogen-bond donors (Lipinski definition) is 0. The maximum atomic E-state index is 14.7. The quantitative estimate of drug-likeness (QED) is 0.523. The number of hydrogen-bond acceptors (Lipinski definition) is 4. The van der Waals surface area contributed by atoms with Crippen LogP contribution in [-0.2, 0) is 4.79 Å². The minimum Gasteiger partial charge on any atom is -0.338 e. The molecule has 3 heterocycles. The highest BCUT2D eigenvalue weighted by Gasteiger charge is 2.40. The number of ketones is 1. The maximum absolute atomic E-state index is 14.7. The molecule has 0 bridgehead atoms. The lowest BCUT2D eigenvalue weighted by Gasteiger charge is -2.47.